The van der Waals surface area contributed by atoms with Crippen LogP contribution in [0.4, 0.5) is 0 Å². The van der Waals surface area contributed by atoms with E-state index in [4.69, 9.17) is 18.7 Å². The number of carbonyl (C=O) groups excluding carboxylic acids is 1. The molecule has 0 aliphatic carbocycles. The molecule has 0 saturated carbocycles. The number of rotatable bonds is 8. The van der Waals surface area contributed by atoms with Gasteiger partial charge in [-0.05, 0) is 18.2 Å². The molecular formula is C21H21N3O5. The first kappa shape index (κ1) is 19.9. The lowest BCUT2D eigenvalue weighted by molar-refractivity contribution is -0.116. The van der Waals surface area contributed by atoms with Crippen LogP contribution in [-0.4, -0.2) is 37.4 Å². The van der Waals surface area contributed by atoms with Crippen LogP contribution in [0.3, 0.4) is 0 Å². The van der Waals surface area contributed by atoms with Crippen molar-refractivity contribution in [2.45, 2.75) is 6.54 Å². The first-order valence-corrected chi connectivity index (χ1v) is 8.79. The summed E-state index contributed by atoms with van der Waals surface area (Å²) in [6, 6.07) is 13.0. The lowest BCUT2D eigenvalue weighted by atomic mass is 10.1. The number of hydrogen-bond acceptors (Lipinski definition) is 7. The third-order valence-electron chi connectivity index (χ3n) is 4.06. The van der Waals surface area contributed by atoms with Gasteiger partial charge in [-0.25, -0.2) is 0 Å². The van der Waals surface area contributed by atoms with Gasteiger partial charge in [-0.1, -0.05) is 35.5 Å². The van der Waals surface area contributed by atoms with Gasteiger partial charge in [-0.3, -0.25) is 4.79 Å². The Morgan fingerprint density at radius 2 is 1.79 bits per heavy atom. The highest BCUT2D eigenvalue weighted by Gasteiger charge is 2.14. The van der Waals surface area contributed by atoms with Gasteiger partial charge in [0.1, 0.15) is 0 Å². The maximum atomic E-state index is 12.2. The van der Waals surface area contributed by atoms with Crippen LogP contribution in [-0.2, 0) is 11.3 Å². The van der Waals surface area contributed by atoms with Crippen molar-refractivity contribution < 1.29 is 23.5 Å². The molecule has 0 radical (unpaired) electrons. The Morgan fingerprint density at radius 1 is 1.03 bits per heavy atom. The number of amides is 1. The van der Waals surface area contributed by atoms with E-state index >= 15 is 0 Å². The topological polar surface area (TPSA) is 95.7 Å². The number of aromatic nitrogens is 2. The lowest BCUT2D eigenvalue weighted by Crippen LogP contribution is -2.20. The average molecular weight is 395 g/mol. The summed E-state index contributed by atoms with van der Waals surface area (Å²) in [5, 5.41) is 6.62. The second-order valence-corrected chi connectivity index (χ2v) is 5.85. The van der Waals surface area contributed by atoms with Crippen LogP contribution in [0.25, 0.3) is 17.5 Å². The summed E-state index contributed by atoms with van der Waals surface area (Å²) in [5.41, 5.74) is 1.51. The summed E-state index contributed by atoms with van der Waals surface area (Å²) in [5.74, 6) is 1.93. The molecule has 0 atom stereocenters. The predicted octanol–water partition coefficient (Wildman–Crippen LogP) is 3.09. The lowest BCUT2D eigenvalue weighted by Gasteiger charge is -2.13. The number of carbonyl (C=O) groups is 1. The zero-order valence-corrected chi connectivity index (χ0v) is 16.3. The van der Waals surface area contributed by atoms with Gasteiger partial charge in [0.25, 0.3) is 0 Å². The third kappa shape index (κ3) is 4.73. The highest BCUT2D eigenvalue weighted by molar-refractivity contribution is 5.92. The summed E-state index contributed by atoms with van der Waals surface area (Å²) in [6.45, 7) is 0.117. The number of hydrogen-bond donors (Lipinski definition) is 1. The molecule has 3 aromatic rings. The number of ether oxygens (including phenoxy) is 3. The van der Waals surface area contributed by atoms with E-state index in [0.717, 1.165) is 5.56 Å². The Hall–Kier alpha value is -3.81. The minimum absolute atomic E-state index is 0.117. The van der Waals surface area contributed by atoms with Crippen molar-refractivity contribution in [1.82, 2.24) is 15.5 Å². The summed E-state index contributed by atoms with van der Waals surface area (Å²) >= 11 is 0. The second kappa shape index (κ2) is 9.41. The zero-order chi connectivity index (χ0) is 20.6. The molecule has 1 aromatic heterocycles. The average Bonchev–Trinajstić information content (AvgIpc) is 3.25. The standard InChI is InChI=1S/C21H21N3O5/c1-26-16-11-9-14(19(27-2)20(16)28-3)10-12-17(25)22-13-18-23-21(24-29-18)15-7-5-4-6-8-15/h4-12H,13H2,1-3H3,(H,22,25)/b12-10+. The van der Waals surface area contributed by atoms with Crippen LogP contribution < -0.4 is 19.5 Å². The smallest absolute Gasteiger partial charge is 0.246 e. The van der Waals surface area contributed by atoms with Gasteiger partial charge in [0, 0.05) is 17.2 Å². The van der Waals surface area contributed by atoms with Gasteiger partial charge in [0.05, 0.1) is 27.9 Å². The summed E-state index contributed by atoms with van der Waals surface area (Å²) in [4.78, 5) is 16.4. The van der Waals surface area contributed by atoms with Crippen LogP contribution >= 0.6 is 0 Å². The second-order valence-electron chi connectivity index (χ2n) is 5.85. The zero-order valence-electron chi connectivity index (χ0n) is 16.3. The summed E-state index contributed by atoms with van der Waals surface area (Å²) in [7, 11) is 4.59. The fourth-order valence-corrected chi connectivity index (χ4v) is 2.67. The molecule has 0 aliphatic rings. The first-order valence-electron chi connectivity index (χ1n) is 8.79. The molecule has 0 aliphatic heterocycles. The number of methoxy groups -OCH3 is 3. The molecule has 1 N–H and O–H groups in total. The van der Waals surface area contributed by atoms with E-state index in [0.29, 0.717) is 34.5 Å². The molecule has 29 heavy (non-hydrogen) atoms. The molecule has 1 heterocycles. The number of benzene rings is 2. The Balaban J connectivity index is 1.64. The van der Waals surface area contributed by atoms with E-state index < -0.39 is 0 Å². The Bertz CT molecular complexity index is 999. The van der Waals surface area contributed by atoms with Crippen LogP contribution in [0.2, 0.25) is 0 Å². The van der Waals surface area contributed by atoms with Crippen molar-refractivity contribution in [1.29, 1.82) is 0 Å². The molecule has 150 valence electrons. The fraction of sp³-hybridized carbons (Fsp3) is 0.190. The van der Waals surface area contributed by atoms with Crippen molar-refractivity contribution in [3.63, 3.8) is 0 Å². The van der Waals surface area contributed by atoms with E-state index in [1.165, 1.54) is 20.3 Å². The van der Waals surface area contributed by atoms with E-state index in [9.17, 15) is 4.79 Å². The van der Waals surface area contributed by atoms with Crippen molar-refractivity contribution in [3.05, 3.63) is 60.0 Å². The fourth-order valence-electron chi connectivity index (χ4n) is 2.67. The maximum Gasteiger partial charge on any atom is 0.246 e. The number of nitrogens with one attached hydrogen (secondary N) is 1. The molecule has 1 amide bonds. The minimum atomic E-state index is -0.318. The van der Waals surface area contributed by atoms with Gasteiger partial charge in [-0.2, -0.15) is 4.98 Å². The summed E-state index contributed by atoms with van der Waals surface area (Å²) < 4.78 is 21.2. The predicted molar refractivity (Wildman–Crippen MR) is 107 cm³/mol. The van der Waals surface area contributed by atoms with Gasteiger partial charge in [0.15, 0.2) is 11.5 Å². The van der Waals surface area contributed by atoms with Crippen LogP contribution in [0, 0.1) is 0 Å². The molecule has 0 fully saturated rings. The minimum Gasteiger partial charge on any atom is -0.493 e. The van der Waals surface area contributed by atoms with Crippen LogP contribution in [0.15, 0.2) is 53.1 Å². The molecule has 2 aromatic carbocycles. The van der Waals surface area contributed by atoms with Crippen molar-refractivity contribution in [3.8, 4) is 28.6 Å². The molecular weight excluding hydrogens is 374 g/mol. The van der Waals surface area contributed by atoms with E-state index in [-0.39, 0.29) is 12.5 Å². The molecule has 0 bridgehead atoms. The van der Waals surface area contributed by atoms with Gasteiger partial charge < -0.3 is 24.1 Å². The van der Waals surface area contributed by atoms with Gasteiger partial charge in [0.2, 0.25) is 23.4 Å². The van der Waals surface area contributed by atoms with E-state index in [2.05, 4.69) is 15.5 Å². The molecule has 3 rings (SSSR count). The van der Waals surface area contributed by atoms with E-state index in [1.54, 1.807) is 25.3 Å². The van der Waals surface area contributed by atoms with Crippen molar-refractivity contribution in [2.24, 2.45) is 0 Å². The normalized spacial score (nSPS) is 10.7. The quantitative estimate of drug-likeness (QED) is 0.586. The van der Waals surface area contributed by atoms with E-state index in [1.807, 2.05) is 30.3 Å². The number of nitrogens with zero attached hydrogens (tertiary/aromatic N) is 2. The van der Waals surface area contributed by atoms with Crippen molar-refractivity contribution in [2.75, 3.05) is 21.3 Å². The monoisotopic (exact) mass is 395 g/mol. The first-order chi connectivity index (χ1) is 14.2. The molecule has 0 spiro atoms. The highest BCUT2D eigenvalue weighted by Crippen LogP contribution is 2.40. The highest BCUT2D eigenvalue weighted by atomic mass is 16.5. The van der Waals surface area contributed by atoms with Crippen LogP contribution in [0.5, 0.6) is 17.2 Å². The van der Waals surface area contributed by atoms with Crippen LogP contribution in [0.1, 0.15) is 11.5 Å². The Kier molecular flexibility index (Phi) is 6.47. The van der Waals surface area contributed by atoms with Crippen molar-refractivity contribution >= 4 is 12.0 Å². The third-order valence-corrected chi connectivity index (χ3v) is 4.06. The molecule has 8 heteroatoms. The summed E-state index contributed by atoms with van der Waals surface area (Å²) in [6.07, 6.45) is 3.01. The molecule has 8 nitrogen and oxygen atoms in total. The SMILES string of the molecule is COc1ccc(/C=C/C(=O)NCc2nc(-c3ccccc3)no2)c(OC)c1OC. The largest absolute Gasteiger partial charge is 0.493 e. The molecule has 0 unspecified atom stereocenters. The van der Waals surface area contributed by atoms with Gasteiger partial charge in [-0.15, -0.1) is 0 Å². The Labute approximate surface area is 168 Å². The maximum absolute atomic E-state index is 12.2. The molecule has 0 saturated heterocycles. The van der Waals surface area contributed by atoms with Gasteiger partial charge >= 0.3 is 0 Å². The Morgan fingerprint density at radius 3 is 2.48 bits per heavy atom.